The average molecular weight is 354 g/mol. The van der Waals surface area contributed by atoms with Gasteiger partial charge in [-0.15, -0.1) is 0 Å². The molecule has 2 unspecified atom stereocenters. The summed E-state index contributed by atoms with van der Waals surface area (Å²) in [6.07, 6.45) is 6.77. The number of ether oxygens (including phenoxy) is 1. The molecule has 0 spiro atoms. The van der Waals surface area contributed by atoms with Crippen LogP contribution in [0.1, 0.15) is 53.4 Å². The number of hydrogen-bond acceptors (Lipinski definition) is 3. The average Bonchev–Trinajstić information content (AvgIpc) is 3.40. The zero-order valence-electron chi connectivity index (χ0n) is 16.0. The lowest BCUT2D eigenvalue weighted by atomic mass is 10.00. The first kappa shape index (κ1) is 21.2. The fraction of sp³-hybridized carbons (Fsp3) is 0.700. The van der Waals surface area contributed by atoms with Crippen LogP contribution < -0.4 is 10.1 Å². The van der Waals surface area contributed by atoms with Crippen molar-refractivity contribution in [1.82, 2.24) is 5.32 Å². The standard InChI is InChI=1S/C18H29NO2S.C2H6/c1-14(2)13-18(15-5-6-15)19-11-4-12-21-16-7-9-17(10-8-16)22(3)20;1-2/h7-10,14-15,18-19H,4-6,11-13H2,1-3H3;1-2H3. The third-order valence-corrected chi connectivity index (χ3v) is 5.00. The van der Waals surface area contributed by atoms with Gasteiger partial charge in [-0.1, -0.05) is 27.7 Å². The van der Waals surface area contributed by atoms with Crippen molar-refractivity contribution in [1.29, 1.82) is 0 Å². The van der Waals surface area contributed by atoms with Crippen molar-refractivity contribution in [2.75, 3.05) is 19.4 Å². The van der Waals surface area contributed by atoms with Gasteiger partial charge < -0.3 is 10.1 Å². The summed E-state index contributed by atoms with van der Waals surface area (Å²) in [5.41, 5.74) is 0. The van der Waals surface area contributed by atoms with Gasteiger partial charge >= 0.3 is 0 Å². The van der Waals surface area contributed by atoms with Crippen molar-refractivity contribution < 1.29 is 8.95 Å². The van der Waals surface area contributed by atoms with E-state index >= 15 is 0 Å². The van der Waals surface area contributed by atoms with Crippen LogP contribution in [0.5, 0.6) is 5.75 Å². The molecule has 0 saturated heterocycles. The summed E-state index contributed by atoms with van der Waals surface area (Å²) in [5, 5.41) is 3.70. The van der Waals surface area contributed by atoms with Gasteiger partial charge in [0.05, 0.1) is 6.61 Å². The molecule has 1 aromatic carbocycles. The molecule has 1 fully saturated rings. The van der Waals surface area contributed by atoms with Gasteiger partial charge in [-0.25, -0.2) is 0 Å². The first-order valence-corrected chi connectivity index (χ1v) is 10.9. The van der Waals surface area contributed by atoms with Gasteiger partial charge in [0.1, 0.15) is 5.75 Å². The van der Waals surface area contributed by atoms with E-state index in [4.69, 9.17) is 4.74 Å². The number of nitrogens with one attached hydrogen (secondary N) is 1. The van der Waals surface area contributed by atoms with E-state index in [0.717, 1.165) is 42.1 Å². The third kappa shape index (κ3) is 8.29. The minimum Gasteiger partial charge on any atom is -0.494 e. The maximum absolute atomic E-state index is 11.3. The highest BCUT2D eigenvalue weighted by Crippen LogP contribution is 2.35. The summed E-state index contributed by atoms with van der Waals surface area (Å²) >= 11 is 0. The van der Waals surface area contributed by atoms with Crippen LogP contribution in [-0.4, -0.2) is 29.7 Å². The van der Waals surface area contributed by atoms with Gasteiger partial charge in [-0.05, 0) is 68.3 Å². The molecule has 0 heterocycles. The lowest BCUT2D eigenvalue weighted by Crippen LogP contribution is -2.33. The summed E-state index contributed by atoms with van der Waals surface area (Å²) < 4.78 is 17.1. The molecule has 1 saturated carbocycles. The molecule has 24 heavy (non-hydrogen) atoms. The van der Waals surface area contributed by atoms with Gasteiger partial charge in [0.15, 0.2) is 0 Å². The summed E-state index contributed by atoms with van der Waals surface area (Å²) in [5.74, 6) is 2.53. The van der Waals surface area contributed by atoms with Crippen LogP contribution in [-0.2, 0) is 10.8 Å². The van der Waals surface area contributed by atoms with Gasteiger partial charge in [0.2, 0.25) is 0 Å². The Morgan fingerprint density at radius 1 is 1.21 bits per heavy atom. The number of hydrogen-bond donors (Lipinski definition) is 1. The number of benzene rings is 1. The molecule has 0 bridgehead atoms. The molecule has 4 heteroatoms. The normalized spacial score (nSPS) is 16.2. The van der Waals surface area contributed by atoms with E-state index in [1.54, 1.807) is 6.26 Å². The van der Waals surface area contributed by atoms with Crippen molar-refractivity contribution in [3.63, 3.8) is 0 Å². The SMILES string of the molecule is CC.CC(C)CC(NCCCOc1ccc(S(C)=O)cc1)C1CC1. The van der Waals surface area contributed by atoms with E-state index in [1.165, 1.54) is 19.3 Å². The Bertz CT molecular complexity index is 469. The Morgan fingerprint density at radius 3 is 2.33 bits per heavy atom. The molecule has 138 valence electrons. The molecule has 1 N–H and O–H groups in total. The molecule has 0 aromatic heterocycles. The van der Waals surface area contributed by atoms with Crippen LogP contribution in [0.3, 0.4) is 0 Å². The quantitative estimate of drug-likeness (QED) is 0.623. The van der Waals surface area contributed by atoms with Gasteiger partial charge in [-0.2, -0.15) is 0 Å². The van der Waals surface area contributed by atoms with Crippen LogP contribution in [0.4, 0.5) is 0 Å². The second-order valence-electron chi connectivity index (χ2n) is 6.66. The summed E-state index contributed by atoms with van der Waals surface area (Å²) in [4.78, 5) is 0.843. The molecule has 0 radical (unpaired) electrons. The van der Waals surface area contributed by atoms with Gasteiger partial charge in [-0.3, -0.25) is 4.21 Å². The van der Waals surface area contributed by atoms with Crippen molar-refractivity contribution in [2.45, 2.75) is 64.3 Å². The fourth-order valence-corrected chi connectivity index (χ4v) is 3.25. The molecule has 3 nitrogen and oxygen atoms in total. The van der Waals surface area contributed by atoms with Crippen molar-refractivity contribution >= 4 is 10.8 Å². The summed E-state index contributed by atoms with van der Waals surface area (Å²) in [7, 11) is -0.921. The molecule has 1 aliphatic carbocycles. The minimum absolute atomic E-state index is 0.693. The molecule has 2 atom stereocenters. The Morgan fingerprint density at radius 2 is 1.83 bits per heavy atom. The monoisotopic (exact) mass is 353 g/mol. The molecule has 1 aliphatic rings. The second-order valence-corrected chi connectivity index (χ2v) is 8.03. The van der Waals surface area contributed by atoms with Gasteiger partial charge in [0.25, 0.3) is 0 Å². The lowest BCUT2D eigenvalue weighted by molar-refractivity contribution is 0.297. The Kier molecular flexibility index (Phi) is 10.3. The fourth-order valence-electron chi connectivity index (χ4n) is 2.73. The highest BCUT2D eigenvalue weighted by Gasteiger charge is 2.30. The summed E-state index contributed by atoms with van der Waals surface area (Å²) in [6, 6.07) is 8.23. The van der Waals surface area contributed by atoms with E-state index < -0.39 is 10.8 Å². The molecular formula is C20H35NO2S. The minimum atomic E-state index is -0.921. The Hall–Kier alpha value is -0.870. The Labute approximate surface area is 151 Å². The molecule has 0 aliphatic heterocycles. The summed E-state index contributed by atoms with van der Waals surface area (Å²) in [6.45, 7) is 10.3. The van der Waals surface area contributed by atoms with E-state index in [1.807, 2.05) is 38.1 Å². The van der Waals surface area contributed by atoms with Crippen molar-refractivity contribution in [3.8, 4) is 5.75 Å². The van der Waals surface area contributed by atoms with Crippen LogP contribution in [0, 0.1) is 11.8 Å². The van der Waals surface area contributed by atoms with Crippen molar-refractivity contribution in [3.05, 3.63) is 24.3 Å². The molecule has 2 rings (SSSR count). The zero-order chi connectivity index (χ0) is 17.9. The van der Waals surface area contributed by atoms with E-state index in [-0.39, 0.29) is 0 Å². The van der Waals surface area contributed by atoms with Crippen LogP contribution in [0.15, 0.2) is 29.2 Å². The first-order chi connectivity index (χ1) is 11.6. The maximum atomic E-state index is 11.3. The van der Waals surface area contributed by atoms with Crippen LogP contribution in [0.25, 0.3) is 0 Å². The smallest absolute Gasteiger partial charge is 0.119 e. The largest absolute Gasteiger partial charge is 0.494 e. The third-order valence-electron chi connectivity index (χ3n) is 4.07. The van der Waals surface area contributed by atoms with E-state index in [2.05, 4.69) is 19.2 Å². The topological polar surface area (TPSA) is 38.3 Å². The lowest BCUT2D eigenvalue weighted by Gasteiger charge is -2.20. The first-order valence-electron chi connectivity index (χ1n) is 9.36. The highest BCUT2D eigenvalue weighted by atomic mass is 32.2. The van der Waals surface area contributed by atoms with Crippen LogP contribution in [0.2, 0.25) is 0 Å². The van der Waals surface area contributed by atoms with Crippen molar-refractivity contribution in [2.24, 2.45) is 11.8 Å². The van der Waals surface area contributed by atoms with Gasteiger partial charge in [0, 0.05) is 28.0 Å². The maximum Gasteiger partial charge on any atom is 0.119 e. The number of rotatable bonds is 10. The molecule has 0 amide bonds. The molecular weight excluding hydrogens is 318 g/mol. The zero-order valence-corrected chi connectivity index (χ0v) is 16.8. The van der Waals surface area contributed by atoms with E-state index in [9.17, 15) is 4.21 Å². The Balaban J connectivity index is 0.00000139. The predicted molar refractivity (Wildman–Crippen MR) is 104 cm³/mol. The highest BCUT2D eigenvalue weighted by molar-refractivity contribution is 7.84. The van der Waals surface area contributed by atoms with E-state index in [0.29, 0.717) is 6.04 Å². The predicted octanol–water partition coefficient (Wildman–Crippen LogP) is 4.63. The molecule has 1 aromatic rings. The second kappa shape index (κ2) is 11.6. The van der Waals surface area contributed by atoms with Crippen LogP contribution >= 0.6 is 0 Å².